The fourth-order valence-corrected chi connectivity index (χ4v) is 6.31. The van der Waals surface area contributed by atoms with Crippen molar-refractivity contribution in [2.75, 3.05) is 11.5 Å². The van der Waals surface area contributed by atoms with Crippen molar-refractivity contribution in [3.05, 3.63) is 93.5 Å². The van der Waals surface area contributed by atoms with E-state index >= 15 is 0 Å². The number of halogens is 2. The first kappa shape index (κ1) is 22.8. The van der Waals surface area contributed by atoms with Crippen molar-refractivity contribution in [1.82, 2.24) is 4.90 Å². The van der Waals surface area contributed by atoms with Gasteiger partial charge in [-0.2, -0.15) is 0 Å². The molecule has 3 aromatic rings. The Kier molecular flexibility index (Phi) is 6.61. The summed E-state index contributed by atoms with van der Waals surface area (Å²) in [6.45, 7) is 2.23. The van der Waals surface area contributed by atoms with Gasteiger partial charge in [-0.1, -0.05) is 71.7 Å². The zero-order chi connectivity index (χ0) is 22.9. The monoisotopic (exact) mass is 487 g/mol. The summed E-state index contributed by atoms with van der Waals surface area (Å²) in [4.78, 5) is 15.1. The van der Waals surface area contributed by atoms with E-state index in [2.05, 4.69) is 0 Å². The molecule has 7 heteroatoms. The molecule has 1 aliphatic rings. The third-order valence-electron chi connectivity index (χ3n) is 5.83. The molecule has 1 fully saturated rings. The lowest BCUT2D eigenvalue weighted by Gasteiger charge is -2.29. The lowest BCUT2D eigenvalue weighted by Crippen LogP contribution is -2.40. The highest BCUT2D eigenvalue weighted by atomic mass is 35.5. The van der Waals surface area contributed by atoms with E-state index in [1.165, 1.54) is 0 Å². The average molecular weight is 488 g/mol. The Labute approximate surface area is 198 Å². The molecule has 4 rings (SSSR count). The van der Waals surface area contributed by atoms with Crippen molar-refractivity contribution in [2.24, 2.45) is 0 Å². The van der Waals surface area contributed by atoms with E-state index in [1.54, 1.807) is 23.1 Å². The van der Waals surface area contributed by atoms with Crippen LogP contribution in [-0.2, 0) is 16.4 Å². The summed E-state index contributed by atoms with van der Waals surface area (Å²) in [6, 6.07) is 20.2. The van der Waals surface area contributed by atoms with Gasteiger partial charge in [0.2, 0.25) is 0 Å². The van der Waals surface area contributed by atoms with Gasteiger partial charge in [0.15, 0.2) is 9.84 Å². The first-order valence-corrected chi connectivity index (χ1v) is 12.9. The molecule has 1 unspecified atom stereocenters. The number of carbonyl (C=O) groups is 1. The van der Waals surface area contributed by atoms with Gasteiger partial charge in [0.05, 0.1) is 11.5 Å². The number of hydrogen-bond donors (Lipinski definition) is 0. The van der Waals surface area contributed by atoms with E-state index in [-0.39, 0.29) is 23.5 Å². The zero-order valence-electron chi connectivity index (χ0n) is 17.6. The molecule has 1 saturated heterocycles. The van der Waals surface area contributed by atoms with E-state index in [4.69, 9.17) is 23.2 Å². The van der Waals surface area contributed by atoms with Crippen LogP contribution < -0.4 is 0 Å². The number of sulfone groups is 1. The molecule has 1 heterocycles. The fourth-order valence-electron chi connectivity index (χ4n) is 4.07. The molecule has 1 atom stereocenters. The summed E-state index contributed by atoms with van der Waals surface area (Å²) in [5.74, 6) is -0.0261. The van der Waals surface area contributed by atoms with Crippen LogP contribution in [0.15, 0.2) is 66.7 Å². The lowest BCUT2D eigenvalue weighted by atomic mass is 10.0. The van der Waals surface area contributed by atoms with Crippen LogP contribution >= 0.6 is 23.2 Å². The molecule has 0 aliphatic carbocycles. The summed E-state index contributed by atoms with van der Waals surface area (Å²) in [7, 11) is -3.13. The molecule has 3 aromatic carbocycles. The minimum Gasteiger partial charge on any atom is -0.330 e. The minimum absolute atomic E-state index is 0.00306. The van der Waals surface area contributed by atoms with E-state index in [0.29, 0.717) is 28.6 Å². The van der Waals surface area contributed by atoms with Crippen LogP contribution in [-0.4, -0.2) is 36.8 Å². The molecular formula is C25H23Cl2NO3S. The van der Waals surface area contributed by atoms with Crippen LogP contribution in [0.3, 0.4) is 0 Å². The van der Waals surface area contributed by atoms with Gasteiger partial charge in [-0.05, 0) is 48.2 Å². The molecule has 0 N–H and O–H groups in total. The summed E-state index contributed by atoms with van der Waals surface area (Å²) < 4.78 is 24.2. The molecule has 32 heavy (non-hydrogen) atoms. The number of amides is 1. The van der Waals surface area contributed by atoms with Crippen molar-refractivity contribution in [3.8, 4) is 11.1 Å². The number of carbonyl (C=O) groups excluding carboxylic acids is 1. The third-order valence-corrected chi connectivity index (χ3v) is 8.13. The molecule has 166 valence electrons. The Balaban J connectivity index is 1.62. The molecule has 0 aromatic heterocycles. The van der Waals surface area contributed by atoms with Gasteiger partial charge in [0.25, 0.3) is 5.91 Å². The normalized spacial score (nSPS) is 17.3. The molecular weight excluding hydrogens is 465 g/mol. The Bertz CT molecular complexity index is 1260. The highest BCUT2D eigenvalue weighted by Gasteiger charge is 2.35. The third kappa shape index (κ3) is 5.01. The summed E-state index contributed by atoms with van der Waals surface area (Å²) in [5, 5.41) is 1.14. The SMILES string of the molecule is Cc1ccccc1C(=O)N(Cc1ccc(-c2ccc(Cl)cc2Cl)cc1)C1CCS(=O)(=O)C1. The van der Waals surface area contributed by atoms with Gasteiger partial charge in [-0.3, -0.25) is 4.79 Å². The first-order chi connectivity index (χ1) is 15.2. The van der Waals surface area contributed by atoms with Gasteiger partial charge in [-0.25, -0.2) is 8.42 Å². The van der Waals surface area contributed by atoms with E-state index in [1.807, 2.05) is 55.5 Å². The highest BCUT2D eigenvalue weighted by Crippen LogP contribution is 2.31. The molecule has 4 nitrogen and oxygen atoms in total. The predicted octanol–water partition coefficient (Wildman–Crippen LogP) is 5.80. The summed E-state index contributed by atoms with van der Waals surface area (Å²) in [5.41, 5.74) is 4.20. The maximum atomic E-state index is 13.4. The second-order valence-electron chi connectivity index (χ2n) is 8.13. The van der Waals surface area contributed by atoms with Crippen LogP contribution in [0.4, 0.5) is 0 Å². The molecule has 0 saturated carbocycles. The van der Waals surface area contributed by atoms with Crippen molar-refractivity contribution < 1.29 is 13.2 Å². The highest BCUT2D eigenvalue weighted by molar-refractivity contribution is 7.91. The van der Waals surface area contributed by atoms with Crippen molar-refractivity contribution in [1.29, 1.82) is 0 Å². The fraction of sp³-hybridized carbons (Fsp3) is 0.240. The maximum absolute atomic E-state index is 13.4. The van der Waals surface area contributed by atoms with E-state index in [9.17, 15) is 13.2 Å². The Morgan fingerprint density at radius 3 is 2.38 bits per heavy atom. The van der Waals surface area contributed by atoms with Crippen LogP contribution in [0.2, 0.25) is 10.0 Å². The van der Waals surface area contributed by atoms with E-state index < -0.39 is 9.84 Å². The number of hydrogen-bond acceptors (Lipinski definition) is 3. The standard InChI is InChI=1S/C25H23Cl2NO3S/c1-17-4-2-3-5-22(17)25(29)28(21-12-13-32(30,31)16-21)15-18-6-8-19(9-7-18)23-11-10-20(26)14-24(23)27/h2-11,14,21H,12-13,15-16H2,1H3. The number of rotatable bonds is 5. The Hall–Kier alpha value is -2.34. The predicted molar refractivity (Wildman–Crippen MR) is 130 cm³/mol. The Morgan fingerprint density at radius 2 is 1.75 bits per heavy atom. The zero-order valence-corrected chi connectivity index (χ0v) is 19.9. The molecule has 0 radical (unpaired) electrons. The number of nitrogens with zero attached hydrogens (tertiary/aromatic N) is 1. The van der Waals surface area contributed by atoms with Gasteiger partial charge < -0.3 is 4.90 Å². The summed E-state index contributed by atoms with van der Waals surface area (Å²) in [6.07, 6.45) is 0.457. The quantitative estimate of drug-likeness (QED) is 0.456. The Morgan fingerprint density at radius 1 is 1.03 bits per heavy atom. The van der Waals surface area contributed by atoms with Gasteiger partial charge in [0.1, 0.15) is 0 Å². The molecule has 0 bridgehead atoms. The average Bonchev–Trinajstić information content (AvgIpc) is 3.12. The maximum Gasteiger partial charge on any atom is 0.254 e. The first-order valence-electron chi connectivity index (χ1n) is 10.3. The van der Waals surface area contributed by atoms with Gasteiger partial charge >= 0.3 is 0 Å². The van der Waals surface area contributed by atoms with Crippen molar-refractivity contribution in [3.63, 3.8) is 0 Å². The van der Waals surface area contributed by atoms with E-state index in [0.717, 1.165) is 22.3 Å². The second kappa shape index (κ2) is 9.26. The van der Waals surface area contributed by atoms with Crippen molar-refractivity contribution in [2.45, 2.75) is 25.9 Å². The minimum atomic E-state index is -3.13. The van der Waals surface area contributed by atoms with Crippen LogP contribution in [0.1, 0.15) is 27.9 Å². The molecule has 1 aliphatic heterocycles. The largest absolute Gasteiger partial charge is 0.330 e. The topological polar surface area (TPSA) is 54.5 Å². The van der Waals surface area contributed by atoms with Gasteiger partial charge in [-0.15, -0.1) is 0 Å². The second-order valence-corrected chi connectivity index (χ2v) is 11.2. The van der Waals surface area contributed by atoms with Crippen LogP contribution in [0, 0.1) is 6.92 Å². The number of benzene rings is 3. The lowest BCUT2D eigenvalue weighted by molar-refractivity contribution is 0.0680. The molecule has 0 spiro atoms. The summed E-state index contributed by atoms with van der Waals surface area (Å²) >= 11 is 12.3. The van der Waals surface area contributed by atoms with Crippen molar-refractivity contribution >= 4 is 38.9 Å². The van der Waals surface area contributed by atoms with Crippen LogP contribution in [0.25, 0.3) is 11.1 Å². The number of aryl methyl sites for hydroxylation is 1. The van der Waals surface area contributed by atoms with Crippen LogP contribution in [0.5, 0.6) is 0 Å². The van der Waals surface area contributed by atoms with Gasteiger partial charge in [0, 0.05) is 33.8 Å². The molecule has 1 amide bonds. The smallest absolute Gasteiger partial charge is 0.254 e.